The van der Waals surface area contributed by atoms with Crippen LogP contribution >= 0.6 is 0 Å². The van der Waals surface area contributed by atoms with Gasteiger partial charge in [-0.25, -0.2) is 4.79 Å². The molecule has 9 nitrogen and oxygen atoms in total. The summed E-state index contributed by atoms with van der Waals surface area (Å²) in [4.78, 5) is 30.1. The zero-order chi connectivity index (χ0) is 26.0. The molecule has 0 bridgehead atoms. The molecular formula is C26H28N2O7S. The van der Waals surface area contributed by atoms with E-state index < -0.39 is 27.8 Å². The number of fused-ring (bicyclic) bond motifs is 2. The summed E-state index contributed by atoms with van der Waals surface area (Å²) in [7, 11) is -2.80. The highest BCUT2D eigenvalue weighted by Crippen LogP contribution is 2.41. The van der Waals surface area contributed by atoms with Crippen molar-refractivity contribution in [1.29, 1.82) is 0 Å². The number of esters is 1. The van der Waals surface area contributed by atoms with Crippen LogP contribution in [0.5, 0.6) is 5.75 Å². The molecule has 0 radical (unpaired) electrons. The van der Waals surface area contributed by atoms with Crippen molar-refractivity contribution < 1.29 is 27.5 Å². The Morgan fingerprint density at radius 1 is 0.972 bits per heavy atom. The lowest BCUT2D eigenvalue weighted by molar-refractivity contribution is -0.134. The first-order valence-corrected chi connectivity index (χ1v) is 12.9. The average Bonchev–Trinajstić information content (AvgIpc) is 2.87. The molecule has 0 spiro atoms. The number of hydrogen-bond donors (Lipinski definition) is 1. The molecule has 1 unspecified atom stereocenters. The summed E-state index contributed by atoms with van der Waals surface area (Å²) in [5.41, 5.74) is 0.923. The van der Waals surface area contributed by atoms with Gasteiger partial charge < -0.3 is 24.1 Å². The van der Waals surface area contributed by atoms with Gasteiger partial charge >= 0.3 is 11.6 Å². The van der Waals surface area contributed by atoms with Crippen LogP contribution in [0.25, 0.3) is 11.0 Å². The lowest BCUT2D eigenvalue weighted by Crippen LogP contribution is -2.37. The lowest BCUT2D eigenvalue weighted by atomic mass is 9.86. The molecule has 0 saturated heterocycles. The number of likely N-dealkylation sites (N-methyl/N-ethyl adjacent to an activating group) is 1. The largest absolute Gasteiger partial charge is 0.425 e. The van der Waals surface area contributed by atoms with Crippen LogP contribution in [0.1, 0.15) is 37.8 Å². The Labute approximate surface area is 210 Å². The number of aliphatic hydroxyl groups is 1. The van der Waals surface area contributed by atoms with Crippen LogP contribution in [0.4, 0.5) is 11.4 Å². The molecule has 1 aromatic heterocycles. The predicted octanol–water partition coefficient (Wildman–Crippen LogP) is 2.56. The number of ether oxygens (including phenoxy) is 1. The smallest absolute Gasteiger partial charge is 0.360 e. The number of hydrogen-bond acceptors (Lipinski definition) is 9. The Kier molecular flexibility index (Phi) is 7.46. The van der Waals surface area contributed by atoms with Crippen molar-refractivity contribution in [2.45, 2.75) is 26.7 Å². The first-order valence-electron chi connectivity index (χ1n) is 11.8. The Morgan fingerprint density at radius 2 is 1.67 bits per heavy atom. The second-order valence-corrected chi connectivity index (χ2v) is 9.17. The summed E-state index contributed by atoms with van der Waals surface area (Å²) in [5.74, 6) is -2.04. The highest BCUT2D eigenvalue weighted by Gasteiger charge is 2.41. The van der Waals surface area contributed by atoms with E-state index >= 15 is 0 Å². The van der Waals surface area contributed by atoms with Crippen molar-refractivity contribution in [3.05, 3.63) is 64.0 Å². The fraction of sp³-hybridized carbons (Fsp3) is 0.346. The molecule has 2 heterocycles. The molecule has 4 rings (SSSR count). The van der Waals surface area contributed by atoms with E-state index in [1.165, 1.54) is 0 Å². The average molecular weight is 513 g/mol. The minimum atomic E-state index is -2.80. The predicted molar refractivity (Wildman–Crippen MR) is 139 cm³/mol. The van der Waals surface area contributed by atoms with Crippen LogP contribution in [0, 0.1) is 0 Å². The van der Waals surface area contributed by atoms with Gasteiger partial charge in [-0.3, -0.25) is 4.79 Å². The summed E-state index contributed by atoms with van der Waals surface area (Å²) in [6.45, 7) is 7.44. The molecule has 1 aliphatic heterocycles. The van der Waals surface area contributed by atoms with Crippen LogP contribution in [0.2, 0.25) is 0 Å². The molecule has 0 amide bonds. The van der Waals surface area contributed by atoms with Crippen LogP contribution in [0.3, 0.4) is 0 Å². The zero-order valence-electron chi connectivity index (χ0n) is 20.4. The molecule has 0 saturated carbocycles. The van der Waals surface area contributed by atoms with E-state index in [1.807, 2.05) is 25.7 Å². The number of aliphatic hydroxyl groups excluding tert-OH is 1. The van der Waals surface area contributed by atoms with Crippen LogP contribution in [0.15, 0.2) is 51.7 Å². The maximum Gasteiger partial charge on any atom is 0.360 e. The summed E-state index contributed by atoms with van der Waals surface area (Å²) >= 11 is 0. The van der Waals surface area contributed by atoms with Crippen molar-refractivity contribution in [2.75, 3.05) is 42.6 Å². The Bertz CT molecular complexity index is 1500. The van der Waals surface area contributed by atoms with Crippen LogP contribution in [-0.4, -0.2) is 57.1 Å². The number of carbonyl (C=O) groups is 1. The normalized spacial score (nSPS) is 14.9. The van der Waals surface area contributed by atoms with Crippen molar-refractivity contribution >= 4 is 43.5 Å². The van der Waals surface area contributed by atoms with Crippen LogP contribution in [-0.2, 0) is 15.1 Å². The van der Waals surface area contributed by atoms with E-state index in [2.05, 4.69) is 0 Å². The fourth-order valence-electron chi connectivity index (χ4n) is 4.75. The Morgan fingerprint density at radius 3 is 2.31 bits per heavy atom. The van der Waals surface area contributed by atoms with Gasteiger partial charge in [-0.05, 0) is 39.0 Å². The highest BCUT2D eigenvalue weighted by atomic mass is 32.2. The lowest BCUT2D eigenvalue weighted by Gasteiger charge is -2.30. The molecule has 190 valence electrons. The Hall–Kier alpha value is -3.63. The van der Waals surface area contributed by atoms with Gasteiger partial charge in [0.25, 0.3) is 0 Å². The van der Waals surface area contributed by atoms with Gasteiger partial charge in [-0.15, -0.1) is 0 Å². The standard InChI is InChI=1S/C26H28N2O7S/c1-4-27(5-2)23-21(17-9-7-8-10-19(17)34-26(23)31)22-24(36(32)33)18-12-11-16(28(6-3)13-14-29)15-20(18)35-25(22)30/h7-12,15,22,29H,4-6,13-14H2,1-3H3. The molecule has 1 atom stereocenters. The van der Waals surface area contributed by atoms with Crippen LogP contribution < -0.4 is 20.2 Å². The third-order valence-corrected chi connectivity index (χ3v) is 7.25. The maximum absolute atomic E-state index is 13.5. The quantitative estimate of drug-likeness (QED) is 0.210. The van der Waals surface area contributed by atoms with Crippen molar-refractivity contribution in [2.24, 2.45) is 0 Å². The van der Waals surface area contributed by atoms with E-state index in [1.54, 1.807) is 47.4 Å². The molecule has 0 fully saturated rings. The molecule has 10 heteroatoms. The first kappa shape index (κ1) is 25.5. The zero-order valence-corrected chi connectivity index (χ0v) is 21.2. The van der Waals surface area contributed by atoms with Gasteiger partial charge in [0.15, 0.2) is 0 Å². The number of para-hydroxylation sites is 1. The van der Waals surface area contributed by atoms with Crippen molar-refractivity contribution in [3.8, 4) is 5.75 Å². The van der Waals surface area contributed by atoms with E-state index in [0.717, 1.165) is 0 Å². The summed E-state index contributed by atoms with van der Waals surface area (Å²) in [6, 6.07) is 11.7. The highest BCUT2D eigenvalue weighted by molar-refractivity contribution is 7.73. The third kappa shape index (κ3) is 4.38. The minimum absolute atomic E-state index is 0.0630. The third-order valence-electron chi connectivity index (χ3n) is 6.43. The van der Waals surface area contributed by atoms with E-state index in [9.17, 15) is 23.1 Å². The van der Waals surface area contributed by atoms with E-state index in [0.29, 0.717) is 37.3 Å². The molecule has 1 aliphatic rings. The summed E-state index contributed by atoms with van der Waals surface area (Å²) in [6.07, 6.45) is 0. The molecule has 36 heavy (non-hydrogen) atoms. The second-order valence-electron chi connectivity index (χ2n) is 8.26. The van der Waals surface area contributed by atoms with Crippen molar-refractivity contribution in [3.63, 3.8) is 0 Å². The minimum Gasteiger partial charge on any atom is -0.425 e. The number of rotatable bonds is 8. The maximum atomic E-state index is 13.5. The summed E-state index contributed by atoms with van der Waals surface area (Å²) in [5, 5.41) is 9.82. The van der Waals surface area contributed by atoms with Gasteiger partial charge in [-0.1, -0.05) is 18.2 Å². The fourth-order valence-corrected chi connectivity index (χ4v) is 5.50. The molecular weight excluding hydrogens is 484 g/mol. The monoisotopic (exact) mass is 512 g/mol. The summed E-state index contributed by atoms with van der Waals surface area (Å²) < 4.78 is 36.6. The number of nitrogens with zero attached hydrogens (tertiary/aromatic N) is 2. The van der Waals surface area contributed by atoms with Crippen molar-refractivity contribution in [1.82, 2.24) is 0 Å². The van der Waals surface area contributed by atoms with Gasteiger partial charge in [0, 0.05) is 54.4 Å². The molecule has 3 aromatic rings. The van der Waals surface area contributed by atoms with Gasteiger partial charge in [0.1, 0.15) is 27.8 Å². The first-order chi connectivity index (χ1) is 17.4. The van der Waals surface area contributed by atoms with E-state index in [4.69, 9.17) is 9.15 Å². The van der Waals surface area contributed by atoms with Gasteiger partial charge in [0.05, 0.1) is 6.61 Å². The molecule has 2 aromatic carbocycles. The number of carbonyl (C=O) groups excluding carboxylic acids is 1. The van der Waals surface area contributed by atoms with Gasteiger partial charge in [0.2, 0.25) is 10.3 Å². The SMILES string of the molecule is CCN(CCO)c1ccc2c(c1)OC(=O)C(c1c(N(CC)CC)c(=O)oc3ccccc13)C2=S(=O)=O. The number of benzene rings is 2. The topological polar surface area (TPSA) is 117 Å². The molecule has 0 aliphatic carbocycles. The van der Waals surface area contributed by atoms with Gasteiger partial charge in [-0.2, -0.15) is 8.42 Å². The van der Waals surface area contributed by atoms with E-state index in [-0.39, 0.29) is 39.6 Å². The Balaban J connectivity index is 2.01. The second kappa shape index (κ2) is 10.5. The number of anilines is 2. The molecule has 1 N–H and O–H groups in total.